The predicted molar refractivity (Wildman–Crippen MR) is 93.8 cm³/mol. The highest BCUT2D eigenvalue weighted by Gasteiger charge is 2.16. The third-order valence-electron chi connectivity index (χ3n) is 2.65. The van der Waals surface area contributed by atoms with Crippen molar-refractivity contribution in [1.82, 2.24) is 15.5 Å². The van der Waals surface area contributed by atoms with Gasteiger partial charge in [-0.3, -0.25) is 4.79 Å². The van der Waals surface area contributed by atoms with Crippen molar-refractivity contribution in [1.29, 1.82) is 0 Å². The molecule has 0 spiro atoms. The molecule has 0 fully saturated rings. The lowest BCUT2D eigenvalue weighted by Gasteiger charge is -2.24. The average molecular weight is 400 g/mol. The summed E-state index contributed by atoms with van der Waals surface area (Å²) in [4.78, 5) is 17.3. The zero-order valence-electron chi connectivity index (χ0n) is 13.4. The van der Waals surface area contributed by atoms with Gasteiger partial charge in [0.15, 0.2) is 5.96 Å². The number of rotatable bonds is 7. The van der Waals surface area contributed by atoms with Crippen LogP contribution in [0.5, 0.6) is 0 Å². The van der Waals surface area contributed by atoms with E-state index in [2.05, 4.69) is 22.5 Å². The Hall–Kier alpha value is -0.570. The van der Waals surface area contributed by atoms with Crippen LogP contribution in [-0.4, -0.2) is 63.2 Å². The van der Waals surface area contributed by atoms with Crippen LogP contribution >= 0.6 is 24.0 Å². The fourth-order valence-electron chi connectivity index (χ4n) is 1.07. The number of hydrogen-bond donors (Lipinski definition) is 2. The predicted octanol–water partition coefficient (Wildman–Crippen LogP) is 1.06. The molecule has 0 aromatic rings. The number of halogens is 1. The Morgan fingerprint density at radius 3 is 2.35 bits per heavy atom. The van der Waals surface area contributed by atoms with E-state index in [1.165, 1.54) is 4.90 Å². The summed E-state index contributed by atoms with van der Waals surface area (Å²) in [6, 6.07) is 0. The first-order chi connectivity index (χ1) is 8.82. The molecule has 0 aliphatic heterocycles. The first kappa shape index (κ1) is 21.7. The third kappa shape index (κ3) is 10.2. The largest absolute Gasteiger partial charge is 0.377 e. The van der Waals surface area contributed by atoms with E-state index in [-0.39, 0.29) is 42.0 Å². The Kier molecular flexibility index (Phi) is 12.1. The normalized spacial score (nSPS) is 11.6. The third-order valence-corrected chi connectivity index (χ3v) is 2.65. The van der Waals surface area contributed by atoms with E-state index in [9.17, 15) is 4.79 Å². The number of aliphatic imine (C=N–C) groups is 1. The maximum absolute atomic E-state index is 11.5. The van der Waals surface area contributed by atoms with Gasteiger partial charge in [-0.2, -0.15) is 0 Å². The van der Waals surface area contributed by atoms with Crippen molar-refractivity contribution in [2.45, 2.75) is 32.8 Å². The van der Waals surface area contributed by atoms with Gasteiger partial charge in [0, 0.05) is 34.3 Å². The average Bonchev–Trinajstić information content (AvgIpc) is 2.37. The molecule has 20 heavy (non-hydrogen) atoms. The van der Waals surface area contributed by atoms with E-state index in [1.54, 1.807) is 21.2 Å². The molecule has 1 amide bonds. The molecule has 0 aliphatic carbocycles. The molecule has 6 nitrogen and oxygen atoms in total. The van der Waals surface area contributed by atoms with Crippen LogP contribution in [0.15, 0.2) is 4.99 Å². The van der Waals surface area contributed by atoms with Crippen LogP contribution in [0.25, 0.3) is 0 Å². The van der Waals surface area contributed by atoms with E-state index in [0.29, 0.717) is 12.5 Å². The van der Waals surface area contributed by atoms with Crippen LogP contribution in [0.4, 0.5) is 0 Å². The van der Waals surface area contributed by atoms with E-state index in [0.717, 1.165) is 13.0 Å². The summed E-state index contributed by atoms with van der Waals surface area (Å²) in [7, 11) is 5.12. The second kappa shape index (κ2) is 11.1. The van der Waals surface area contributed by atoms with Crippen molar-refractivity contribution in [2.75, 3.05) is 40.8 Å². The molecule has 0 atom stereocenters. The van der Waals surface area contributed by atoms with Crippen LogP contribution < -0.4 is 10.6 Å². The van der Waals surface area contributed by atoms with Crippen LogP contribution in [0.2, 0.25) is 0 Å². The quantitative estimate of drug-likeness (QED) is 0.381. The van der Waals surface area contributed by atoms with Gasteiger partial charge in [-0.15, -0.1) is 24.0 Å². The summed E-state index contributed by atoms with van der Waals surface area (Å²) < 4.78 is 5.34. The number of carbonyl (C=O) groups is 1. The van der Waals surface area contributed by atoms with Crippen LogP contribution in [0, 0.1) is 0 Å². The van der Waals surface area contributed by atoms with Crippen molar-refractivity contribution in [3.8, 4) is 0 Å². The number of methoxy groups -OCH3 is 1. The fraction of sp³-hybridized carbons (Fsp3) is 0.846. The molecule has 0 radical (unpaired) electrons. The Bertz CT molecular complexity index is 307. The zero-order valence-corrected chi connectivity index (χ0v) is 15.8. The molecule has 0 bridgehead atoms. The molecule has 0 rings (SSSR count). The molecule has 0 unspecified atom stereocenters. The summed E-state index contributed by atoms with van der Waals surface area (Å²) in [5.41, 5.74) is -0.278. The van der Waals surface area contributed by atoms with Crippen LogP contribution in [0.1, 0.15) is 27.2 Å². The Morgan fingerprint density at radius 1 is 1.30 bits per heavy atom. The molecule has 0 aromatic heterocycles. The van der Waals surface area contributed by atoms with E-state index >= 15 is 0 Å². The van der Waals surface area contributed by atoms with E-state index in [1.807, 2.05) is 13.8 Å². The van der Waals surface area contributed by atoms with Gasteiger partial charge in [-0.25, -0.2) is 4.99 Å². The number of hydrogen-bond acceptors (Lipinski definition) is 3. The van der Waals surface area contributed by atoms with E-state index < -0.39 is 0 Å². The highest BCUT2D eigenvalue weighted by atomic mass is 127. The first-order valence-corrected chi connectivity index (χ1v) is 6.60. The molecule has 0 aromatic carbocycles. The first-order valence-electron chi connectivity index (χ1n) is 6.60. The molecule has 0 heterocycles. The SMILES string of the molecule is CCCNC(=NCC(=O)N(C)C)NCC(C)(C)OC.I. The van der Waals surface area contributed by atoms with Crippen molar-refractivity contribution in [3.05, 3.63) is 0 Å². The number of likely N-dealkylation sites (N-methyl/N-ethyl adjacent to an activating group) is 1. The van der Waals surface area contributed by atoms with Gasteiger partial charge in [0.2, 0.25) is 5.91 Å². The van der Waals surface area contributed by atoms with Gasteiger partial charge >= 0.3 is 0 Å². The monoisotopic (exact) mass is 400 g/mol. The summed E-state index contributed by atoms with van der Waals surface area (Å²) in [6.45, 7) is 7.63. The van der Waals surface area contributed by atoms with Gasteiger partial charge in [0.05, 0.1) is 5.60 Å². The molecule has 0 saturated carbocycles. The molecule has 0 saturated heterocycles. The van der Waals surface area contributed by atoms with Gasteiger partial charge in [0.1, 0.15) is 6.54 Å². The molecular weight excluding hydrogens is 371 g/mol. The number of nitrogens with one attached hydrogen (secondary N) is 2. The second-order valence-electron chi connectivity index (χ2n) is 5.20. The Balaban J connectivity index is 0. The van der Waals surface area contributed by atoms with Crippen molar-refractivity contribution < 1.29 is 9.53 Å². The smallest absolute Gasteiger partial charge is 0.243 e. The number of ether oxygens (including phenoxy) is 1. The molecule has 2 N–H and O–H groups in total. The number of nitrogens with zero attached hydrogens (tertiary/aromatic N) is 2. The molecule has 120 valence electrons. The van der Waals surface area contributed by atoms with Crippen molar-refractivity contribution in [2.24, 2.45) is 4.99 Å². The summed E-state index contributed by atoms with van der Waals surface area (Å²) >= 11 is 0. The summed E-state index contributed by atoms with van der Waals surface area (Å²) in [6.07, 6.45) is 0.996. The Morgan fingerprint density at radius 2 is 1.90 bits per heavy atom. The lowest BCUT2D eigenvalue weighted by molar-refractivity contribution is -0.127. The van der Waals surface area contributed by atoms with Gasteiger partial charge in [0.25, 0.3) is 0 Å². The Labute approximate surface area is 139 Å². The number of carbonyl (C=O) groups excluding carboxylic acids is 1. The lowest BCUT2D eigenvalue weighted by atomic mass is 10.1. The van der Waals surface area contributed by atoms with Gasteiger partial charge in [-0.1, -0.05) is 6.92 Å². The zero-order chi connectivity index (χ0) is 14.9. The van der Waals surface area contributed by atoms with Gasteiger partial charge in [-0.05, 0) is 20.3 Å². The maximum Gasteiger partial charge on any atom is 0.243 e. The van der Waals surface area contributed by atoms with Crippen molar-refractivity contribution in [3.63, 3.8) is 0 Å². The summed E-state index contributed by atoms with van der Waals surface area (Å²) in [5, 5.41) is 6.36. The van der Waals surface area contributed by atoms with Crippen molar-refractivity contribution >= 4 is 35.8 Å². The standard InChI is InChI=1S/C13H28N4O2.HI/c1-7-8-14-12(15-9-11(18)17(4)5)16-10-13(2,3)19-6;/h7-10H2,1-6H3,(H2,14,15,16);1H. The van der Waals surface area contributed by atoms with Gasteiger partial charge < -0.3 is 20.3 Å². The maximum atomic E-state index is 11.5. The van der Waals surface area contributed by atoms with E-state index in [4.69, 9.17) is 4.74 Å². The summed E-state index contributed by atoms with van der Waals surface area (Å²) in [5.74, 6) is 0.616. The van der Waals surface area contributed by atoms with Crippen LogP contribution in [-0.2, 0) is 9.53 Å². The number of guanidine groups is 1. The highest BCUT2D eigenvalue weighted by Crippen LogP contribution is 2.04. The molecular formula is C13H29IN4O2. The minimum absolute atomic E-state index is 0. The molecule has 0 aliphatic rings. The minimum atomic E-state index is -0.278. The molecule has 7 heteroatoms. The topological polar surface area (TPSA) is 66.0 Å². The highest BCUT2D eigenvalue weighted by molar-refractivity contribution is 14.0. The lowest BCUT2D eigenvalue weighted by Crippen LogP contribution is -2.46. The van der Waals surface area contributed by atoms with Crippen LogP contribution in [0.3, 0.4) is 0 Å². The fourth-order valence-corrected chi connectivity index (χ4v) is 1.07. The minimum Gasteiger partial charge on any atom is -0.377 e. The number of amides is 1. The second-order valence-corrected chi connectivity index (χ2v) is 5.20.